The third-order valence-electron chi connectivity index (χ3n) is 5.10. The highest BCUT2D eigenvalue weighted by Crippen LogP contribution is 2.36. The summed E-state index contributed by atoms with van der Waals surface area (Å²) in [4.78, 5) is 0. The van der Waals surface area contributed by atoms with Crippen molar-refractivity contribution < 1.29 is 9.31 Å². The Bertz CT molecular complexity index is 675. The highest BCUT2D eigenvalue weighted by atomic mass is 16.7. The van der Waals surface area contributed by atoms with Gasteiger partial charge in [0.15, 0.2) is 0 Å². The van der Waals surface area contributed by atoms with Crippen LogP contribution in [0.1, 0.15) is 51.8 Å². The Balaban J connectivity index is 1.80. The zero-order chi connectivity index (χ0) is 16.8. The lowest BCUT2D eigenvalue weighted by Gasteiger charge is -2.32. The zero-order valence-electron chi connectivity index (χ0n) is 14.8. The molecule has 1 aliphatic heterocycles. The van der Waals surface area contributed by atoms with Gasteiger partial charge in [0, 0.05) is 17.9 Å². The van der Waals surface area contributed by atoms with Gasteiger partial charge in [-0.3, -0.25) is 4.68 Å². The number of hydrogen-bond acceptors (Lipinski definition) is 3. The predicted octanol–water partition coefficient (Wildman–Crippen LogP) is 3.10. The number of aryl methyl sites for hydroxylation is 1. The lowest BCUT2D eigenvalue weighted by atomic mass is 9.82. The molecule has 1 aromatic carbocycles. The molecule has 1 unspecified atom stereocenters. The fourth-order valence-corrected chi connectivity index (χ4v) is 2.66. The molecule has 3 rings (SSSR count). The largest absolute Gasteiger partial charge is 0.498 e. The van der Waals surface area contributed by atoms with Crippen molar-refractivity contribution in [3.63, 3.8) is 0 Å². The van der Waals surface area contributed by atoms with E-state index >= 15 is 0 Å². The van der Waals surface area contributed by atoms with Crippen molar-refractivity contribution in [1.82, 2.24) is 9.78 Å². The summed E-state index contributed by atoms with van der Waals surface area (Å²) in [6.45, 7) is 12.5. The molecule has 2 heterocycles. The molecule has 1 aromatic heterocycles. The van der Waals surface area contributed by atoms with Crippen LogP contribution in [0.15, 0.2) is 36.7 Å². The topological polar surface area (TPSA) is 36.3 Å². The summed E-state index contributed by atoms with van der Waals surface area (Å²) in [7, 11) is -0.362. The Morgan fingerprint density at radius 3 is 2.17 bits per heavy atom. The molecule has 0 radical (unpaired) electrons. The maximum absolute atomic E-state index is 6.09. The molecule has 0 spiro atoms. The summed E-state index contributed by atoms with van der Waals surface area (Å²) in [6, 6.07) is 8.73. The number of rotatable bonds is 3. The van der Waals surface area contributed by atoms with Crippen molar-refractivity contribution in [2.45, 2.75) is 58.8 Å². The molecule has 122 valence electrons. The van der Waals surface area contributed by atoms with Gasteiger partial charge in [-0.2, -0.15) is 5.10 Å². The van der Waals surface area contributed by atoms with E-state index in [1.54, 1.807) is 0 Å². The summed E-state index contributed by atoms with van der Waals surface area (Å²) < 4.78 is 14.1. The van der Waals surface area contributed by atoms with E-state index in [2.05, 4.69) is 70.9 Å². The third kappa shape index (κ3) is 2.95. The fourth-order valence-electron chi connectivity index (χ4n) is 2.66. The highest BCUT2D eigenvalue weighted by Gasteiger charge is 2.52. The Labute approximate surface area is 138 Å². The molecule has 0 N–H and O–H groups in total. The molecule has 1 atom stereocenters. The highest BCUT2D eigenvalue weighted by molar-refractivity contribution is 6.62. The quantitative estimate of drug-likeness (QED) is 0.817. The van der Waals surface area contributed by atoms with Crippen molar-refractivity contribution in [2.75, 3.05) is 0 Å². The van der Waals surface area contributed by atoms with Crippen LogP contribution in [-0.2, 0) is 9.31 Å². The monoisotopic (exact) mass is 312 g/mol. The average Bonchev–Trinajstić information content (AvgIpc) is 3.02. The van der Waals surface area contributed by atoms with Crippen LogP contribution in [0.2, 0.25) is 0 Å². The molecule has 0 bridgehead atoms. The molecular weight excluding hydrogens is 287 g/mol. The van der Waals surface area contributed by atoms with Gasteiger partial charge in [-0.1, -0.05) is 29.8 Å². The average molecular weight is 312 g/mol. The van der Waals surface area contributed by atoms with Gasteiger partial charge in [0.2, 0.25) is 0 Å². The lowest BCUT2D eigenvalue weighted by molar-refractivity contribution is 0.00578. The molecule has 0 aliphatic carbocycles. The van der Waals surface area contributed by atoms with Crippen LogP contribution < -0.4 is 5.46 Å². The number of hydrogen-bond donors (Lipinski definition) is 0. The second-order valence-corrected chi connectivity index (χ2v) is 7.43. The zero-order valence-corrected chi connectivity index (χ0v) is 14.8. The van der Waals surface area contributed by atoms with E-state index in [9.17, 15) is 0 Å². The van der Waals surface area contributed by atoms with Crippen molar-refractivity contribution in [3.8, 4) is 0 Å². The van der Waals surface area contributed by atoms with Crippen LogP contribution in [0.25, 0.3) is 0 Å². The molecule has 0 amide bonds. The Morgan fingerprint density at radius 2 is 1.61 bits per heavy atom. The van der Waals surface area contributed by atoms with Crippen LogP contribution >= 0.6 is 0 Å². The van der Waals surface area contributed by atoms with Gasteiger partial charge in [0.05, 0.1) is 17.2 Å². The van der Waals surface area contributed by atoms with E-state index in [0.29, 0.717) is 0 Å². The summed E-state index contributed by atoms with van der Waals surface area (Å²) >= 11 is 0. The Morgan fingerprint density at radius 1 is 1.04 bits per heavy atom. The Kier molecular flexibility index (Phi) is 3.89. The van der Waals surface area contributed by atoms with E-state index in [-0.39, 0.29) is 24.4 Å². The minimum atomic E-state index is -0.362. The molecule has 1 aliphatic rings. The molecule has 2 aromatic rings. The summed E-state index contributed by atoms with van der Waals surface area (Å²) in [5, 5.41) is 4.51. The summed E-state index contributed by atoms with van der Waals surface area (Å²) in [6.07, 6.45) is 3.86. The minimum Gasteiger partial charge on any atom is -0.399 e. The summed E-state index contributed by atoms with van der Waals surface area (Å²) in [5.74, 6) is 0. The van der Waals surface area contributed by atoms with Crippen molar-refractivity contribution in [1.29, 1.82) is 0 Å². The molecular formula is C18H25BN2O2. The maximum Gasteiger partial charge on any atom is 0.498 e. The number of benzene rings is 1. The van der Waals surface area contributed by atoms with E-state index in [0.717, 1.165) is 5.46 Å². The van der Waals surface area contributed by atoms with Crippen LogP contribution in [0.5, 0.6) is 0 Å². The minimum absolute atomic E-state index is 0.173. The van der Waals surface area contributed by atoms with E-state index in [1.165, 1.54) is 11.1 Å². The smallest absolute Gasteiger partial charge is 0.399 e. The molecule has 0 saturated carbocycles. The summed E-state index contributed by atoms with van der Waals surface area (Å²) in [5.41, 5.74) is 2.80. The number of aromatic nitrogens is 2. The van der Waals surface area contributed by atoms with Crippen LogP contribution in [0.4, 0.5) is 0 Å². The van der Waals surface area contributed by atoms with Crippen LogP contribution in [0, 0.1) is 6.92 Å². The van der Waals surface area contributed by atoms with E-state index < -0.39 is 0 Å². The Hall–Kier alpha value is -1.59. The maximum atomic E-state index is 6.09. The first-order valence-electron chi connectivity index (χ1n) is 8.16. The molecule has 1 saturated heterocycles. The van der Waals surface area contributed by atoms with Gasteiger partial charge in [0.1, 0.15) is 0 Å². The van der Waals surface area contributed by atoms with E-state index in [1.807, 2.05) is 17.1 Å². The van der Waals surface area contributed by atoms with Crippen molar-refractivity contribution in [3.05, 3.63) is 47.8 Å². The standard InChI is InChI=1S/C18H25BN2O2/c1-13-7-9-15(10-8-13)14(2)21-12-16(11-20-21)19-22-17(3,4)18(5,6)23-19/h7-12,14H,1-6H3. The number of nitrogens with zero attached hydrogens (tertiary/aromatic N) is 2. The fraction of sp³-hybridized carbons (Fsp3) is 0.500. The van der Waals surface area contributed by atoms with Gasteiger partial charge in [-0.15, -0.1) is 0 Å². The molecule has 4 nitrogen and oxygen atoms in total. The van der Waals surface area contributed by atoms with Crippen molar-refractivity contribution >= 4 is 12.6 Å². The first-order valence-corrected chi connectivity index (χ1v) is 8.16. The van der Waals surface area contributed by atoms with Gasteiger partial charge >= 0.3 is 7.12 Å². The van der Waals surface area contributed by atoms with Crippen LogP contribution in [-0.4, -0.2) is 28.1 Å². The molecule has 5 heteroatoms. The van der Waals surface area contributed by atoms with Crippen LogP contribution in [0.3, 0.4) is 0 Å². The van der Waals surface area contributed by atoms with Gasteiger partial charge in [-0.25, -0.2) is 0 Å². The third-order valence-corrected chi connectivity index (χ3v) is 5.10. The second kappa shape index (κ2) is 5.50. The predicted molar refractivity (Wildman–Crippen MR) is 92.9 cm³/mol. The molecule has 23 heavy (non-hydrogen) atoms. The van der Waals surface area contributed by atoms with Gasteiger partial charge < -0.3 is 9.31 Å². The second-order valence-electron chi connectivity index (χ2n) is 7.43. The first-order chi connectivity index (χ1) is 10.7. The van der Waals surface area contributed by atoms with E-state index in [4.69, 9.17) is 9.31 Å². The van der Waals surface area contributed by atoms with Gasteiger partial charge in [-0.05, 0) is 47.1 Å². The molecule has 1 fully saturated rings. The van der Waals surface area contributed by atoms with Gasteiger partial charge in [0.25, 0.3) is 0 Å². The van der Waals surface area contributed by atoms with Crippen molar-refractivity contribution in [2.24, 2.45) is 0 Å². The first kappa shape index (κ1) is 16.3. The lowest BCUT2D eigenvalue weighted by Crippen LogP contribution is -2.41. The SMILES string of the molecule is Cc1ccc(C(C)n2cc(B3OC(C)(C)C(C)(C)O3)cn2)cc1. The normalized spacial score (nSPS) is 20.7.